The van der Waals surface area contributed by atoms with Crippen LogP contribution in [-0.2, 0) is 18.0 Å². The summed E-state index contributed by atoms with van der Waals surface area (Å²) in [5.74, 6) is 0.690. The van der Waals surface area contributed by atoms with Crippen LogP contribution in [0.25, 0.3) is 0 Å². The van der Waals surface area contributed by atoms with E-state index in [4.69, 9.17) is 9.47 Å². The average Bonchev–Trinajstić information content (AvgIpc) is 3.14. The Balaban J connectivity index is 1.23. The number of aromatic nitrogens is 1. The second-order valence-electron chi connectivity index (χ2n) is 7.24. The van der Waals surface area contributed by atoms with E-state index >= 15 is 0 Å². The van der Waals surface area contributed by atoms with Gasteiger partial charge in [-0.1, -0.05) is 48.5 Å². The maximum Gasteiger partial charge on any atom is 0.407 e. The lowest BCUT2D eigenvalue weighted by Gasteiger charge is -2.39. The zero-order valence-corrected chi connectivity index (χ0v) is 17.9. The Labute approximate surface area is 184 Å². The highest BCUT2D eigenvalue weighted by molar-refractivity contribution is 7.13. The number of aryl methyl sites for hydroxylation is 1. The van der Waals surface area contributed by atoms with Crippen LogP contribution in [0.15, 0.2) is 60.7 Å². The third-order valence-corrected chi connectivity index (χ3v) is 5.96. The molecule has 0 unspecified atom stereocenters. The van der Waals surface area contributed by atoms with Crippen LogP contribution in [0.5, 0.6) is 5.75 Å². The van der Waals surface area contributed by atoms with E-state index in [1.807, 2.05) is 67.6 Å². The smallest absolute Gasteiger partial charge is 0.407 e. The first-order valence-electron chi connectivity index (χ1n) is 9.99. The minimum Gasteiger partial charge on any atom is -0.486 e. The molecular weight excluding hydrogens is 414 g/mol. The maximum atomic E-state index is 12.8. The number of benzene rings is 2. The van der Waals surface area contributed by atoms with Gasteiger partial charge in [-0.05, 0) is 24.6 Å². The Bertz CT molecular complexity index is 1030. The number of hydrogen-bond donors (Lipinski definition) is 1. The summed E-state index contributed by atoms with van der Waals surface area (Å²) in [4.78, 5) is 31.5. The molecule has 2 heterocycles. The molecule has 1 fully saturated rings. The van der Waals surface area contributed by atoms with Crippen molar-refractivity contribution in [3.05, 3.63) is 81.8 Å². The van der Waals surface area contributed by atoms with Gasteiger partial charge in [-0.15, -0.1) is 11.3 Å². The molecule has 0 spiro atoms. The summed E-state index contributed by atoms with van der Waals surface area (Å²) in [6.07, 6.45) is -0.477. The molecule has 1 aliphatic heterocycles. The molecule has 8 heteroatoms. The number of ether oxygens (including phenoxy) is 2. The Morgan fingerprint density at radius 3 is 2.45 bits per heavy atom. The number of rotatable bonds is 7. The van der Waals surface area contributed by atoms with E-state index in [1.165, 1.54) is 11.3 Å². The van der Waals surface area contributed by atoms with Crippen molar-refractivity contribution >= 4 is 23.3 Å². The predicted molar refractivity (Wildman–Crippen MR) is 117 cm³/mol. The number of hydrogen-bond acceptors (Lipinski definition) is 6. The predicted octanol–water partition coefficient (Wildman–Crippen LogP) is 3.78. The average molecular weight is 438 g/mol. The topological polar surface area (TPSA) is 80.8 Å². The number of carbonyl (C=O) groups is 2. The van der Waals surface area contributed by atoms with Gasteiger partial charge in [0, 0.05) is 13.1 Å². The molecule has 31 heavy (non-hydrogen) atoms. The van der Waals surface area contributed by atoms with E-state index in [0.29, 0.717) is 30.3 Å². The lowest BCUT2D eigenvalue weighted by molar-refractivity contribution is 0.0549. The third-order valence-electron chi connectivity index (χ3n) is 4.84. The van der Waals surface area contributed by atoms with Gasteiger partial charge < -0.3 is 19.7 Å². The van der Waals surface area contributed by atoms with E-state index in [1.54, 1.807) is 4.90 Å². The summed E-state index contributed by atoms with van der Waals surface area (Å²) in [5.41, 5.74) is 1.62. The summed E-state index contributed by atoms with van der Waals surface area (Å²) in [7, 11) is 0. The Kier molecular flexibility index (Phi) is 6.47. The summed E-state index contributed by atoms with van der Waals surface area (Å²) < 4.78 is 10.9. The van der Waals surface area contributed by atoms with Crippen LogP contribution in [0.4, 0.5) is 4.79 Å². The van der Waals surface area contributed by atoms with E-state index in [0.717, 1.165) is 16.3 Å². The number of alkyl carbamates (subject to hydrolysis) is 1. The second-order valence-corrected chi connectivity index (χ2v) is 8.32. The zero-order valence-electron chi connectivity index (χ0n) is 17.1. The number of carbonyl (C=O) groups excluding carboxylic acids is 2. The lowest BCUT2D eigenvalue weighted by Crippen LogP contribution is -2.61. The van der Waals surface area contributed by atoms with E-state index in [9.17, 15) is 9.59 Å². The summed E-state index contributed by atoms with van der Waals surface area (Å²) >= 11 is 1.35. The van der Waals surface area contributed by atoms with Crippen molar-refractivity contribution in [2.24, 2.45) is 0 Å². The molecule has 3 aromatic rings. The van der Waals surface area contributed by atoms with E-state index < -0.39 is 6.09 Å². The SMILES string of the molecule is Cc1nc(COc2ccccc2)sc1C(=O)N1CC(NC(=O)OCc2ccccc2)C1. The van der Waals surface area contributed by atoms with Crippen molar-refractivity contribution in [2.45, 2.75) is 26.2 Å². The van der Waals surface area contributed by atoms with Gasteiger partial charge in [0.25, 0.3) is 5.91 Å². The molecule has 1 saturated heterocycles. The van der Waals surface area contributed by atoms with Crippen LogP contribution in [-0.4, -0.2) is 41.0 Å². The molecule has 0 atom stereocenters. The van der Waals surface area contributed by atoms with Gasteiger partial charge in [-0.2, -0.15) is 0 Å². The molecule has 2 aromatic carbocycles. The fraction of sp³-hybridized carbons (Fsp3) is 0.261. The molecule has 0 saturated carbocycles. The molecule has 4 rings (SSSR count). The molecular formula is C23H23N3O4S. The molecule has 2 amide bonds. The Morgan fingerprint density at radius 2 is 1.74 bits per heavy atom. The first-order chi connectivity index (χ1) is 15.1. The number of thiazole rings is 1. The normalized spacial score (nSPS) is 13.4. The van der Waals surface area contributed by atoms with Crippen molar-refractivity contribution in [2.75, 3.05) is 13.1 Å². The lowest BCUT2D eigenvalue weighted by atomic mass is 10.1. The van der Waals surface area contributed by atoms with Crippen LogP contribution in [0.2, 0.25) is 0 Å². The van der Waals surface area contributed by atoms with Crippen molar-refractivity contribution in [3.8, 4) is 5.75 Å². The summed E-state index contributed by atoms with van der Waals surface area (Å²) in [6.45, 7) is 3.27. The van der Waals surface area contributed by atoms with Crippen molar-refractivity contribution in [3.63, 3.8) is 0 Å². The van der Waals surface area contributed by atoms with Gasteiger partial charge in [0.15, 0.2) is 0 Å². The first kappa shape index (κ1) is 20.9. The van der Waals surface area contributed by atoms with E-state index in [2.05, 4.69) is 10.3 Å². The van der Waals surface area contributed by atoms with Crippen LogP contribution >= 0.6 is 11.3 Å². The fourth-order valence-electron chi connectivity index (χ4n) is 3.19. The Morgan fingerprint density at radius 1 is 1.06 bits per heavy atom. The number of amides is 2. The first-order valence-corrected chi connectivity index (χ1v) is 10.8. The highest BCUT2D eigenvalue weighted by Gasteiger charge is 2.34. The van der Waals surface area contributed by atoms with Crippen molar-refractivity contribution < 1.29 is 19.1 Å². The maximum absolute atomic E-state index is 12.8. The quantitative estimate of drug-likeness (QED) is 0.608. The molecule has 1 aliphatic rings. The monoisotopic (exact) mass is 437 g/mol. The van der Waals surface area contributed by atoms with Gasteiger partial charge in [0.05, 0.1) is 11.7 Å². The van der Waals surface area contributed by atoms with Crippen LogP contribution < -0.4 is 10.1 Å². The minimum atomic E-state index is -0.477. The van der Waals surface area contributed by atoms with Crippen molar-refractivity contribution in [1.82, 2.24) is 15.2 Å². The standard InChI is InChI=1S/C23H23N3O4S/c1-16-21(31-20(24-16)15-29-19-10-6-3-7-11-19)22(27)26-12-18(13-26)25-23(28)30-14-17-8-4-2-5-9-17/h2-11,18H,12-15H2,1H3,(H,25,28). The molecule has 1 aromatic heterocycles. The van der Waals surface area contributed by atoms with Gasteiger partial charge in [0.1, 0.15) is 28.8 Å². The fourth-order valence-corrected chi connectivity index (χ4v) is 4.13. The minimum absolute atomic E-state index is 0.0725. The van der Waals surface area contributed by atoms with Gasteiger partial charge in [-0.25, -0.2) is 9.78 Å². The summed E-state index contributed by atoms with van der Waals surface area (Å²) in [5, 5.41) is 3.55. The van der Waals surface area contributed by atoms with Gasteiger partial charge in [0.2, 0.25) is 0 Å². The van der Waals surface area contributed by atoms with Crippen LogP contribution in [0.1, 0.15) is 25.9 Å². The summed E-state index contributed by atoms with van der Waals surface area (Å²) in [6, 6.07) is 18.9. The largest absolute Gasteiger partial charge is 0.486 e. The van der Waals surface area contributed by atoms with Crippen LogP contribution in [0.3, 0.4) is 0 Å². The Hall–Kier alpha value is -3.39. The number of likely N-dealkylation sites (tertiary alicyclic amines) is 1. The highest BCUT2D eigenvalue weighted by atomic mass is 32.1. The highest BCUT2D eigenvalue weighted by Crippen LogP contribution is 2.24. The van der Waals surface area contributed by atoms with Crippen LogP contribution in [0, 0.1) is 6.92 Å². The number of nitrogens with zero attached hydrogens (tertiary/aromatic N) is 2. The molecule has 160 valence electrons. The number of para-hydroxylation sites is 1. The molecule has 0 bridgehead atoms. The van der Waals surface area contributed by atoms with Gasteiger partial charge >= 0.3 is 6.09 Å². The second kappa shape index (κ2) is 9.61. The molecule has 0 radical (unpaired) electrons. The molecule has 0 aliphatic carbocycles. The van der Waals surface area contributed by atoms with Crippen molar-refractivity contribution in [1.29, 1.82) is 0 Å². The third kappa shape index (κ3) is 5.40. The zero-order chi connectivity index (χ0) is 21.6. The van der Waals surface area contributed by atoms with E-state index in [-0.39, 0.29) is 18.6 Å². The van der Waals surface area contributed by atoms with Gasteiger partial charge in [-0.3, -0.25) is 4.79 Å². The molecule has 1 N–H and O–H groups in total. The number of nitrogens with one attached hydrogen (secondary N) is 1. The molecule has 7 nitrogen and oxygen atoms in total.